The van der Waals surface area contributed by atoms with E-state index >= 15 is 0 Å². The number of pyridine rings is 1. The molecule has 46 heavy (non-hydrogen) atoms. The van der Waals surface area contributed by atoms with E-state index in [9.17, 15) is 0 Å². The summed E-state index contributed by atoms with van der Waals surface area (Å²) >= 11 is 0. The van der Waals surface area contributed by atoms with Crippen molar-refractivity contribution >= 4 is 21.8 Å². The molecule has 1 nitrogen and oxygen atoms in total. The number of hydrogen-bond acceptors (Lipinski definition) is 1. The maximum Gasteiger partial charge on any atom is 0.0751 e. The van der Waals surface area contributed by atoms with Crippen LogP contribution in [0.3, 0.4) is 0 Å². The Kier molecular flexibility index (Phi) is 8.18. The van der Waals surface area contributed by atoms with E-state index in [1.54, 1.807) is 0 Å². The van der Waals surface area contributed by atoms with Crippen LogP contribution < -0.4 is 0 Å². The number of nitrogens with zero attached hydrogens (tertiary/aromatic N) is 1. The van der Waals surface area contributed by atoms with Crippen LogP contribution in [0.1, 0.15) is 101 Å². The molecule has 0 spiro atoms. The fourth-order valence-corrected chi connectivity index (χ4v) is 6.47. The number of aromatic nitrogens is 1. The van der Waals surface area contributed by atoms with Crippen molar-refractivity contribution < 1.29 is 0 Å². The van der Waals surface area contributed by atoms with Crippen molar-refractivity contribution in [1.29, 1.82) is 0 Å². The fourth-order valence-electron chi connectivity index (χ4n) is 6.47. The summed E-state index contributed by atoms with van der Waals surface area (Å²) in [5, 5.41) is 2.43. The summed E-state index contributed by atoms with van der Waals surface area (Å²) in [5.41, 5.74) is 14.3. The molecule has 0 unspecified atom stereocenters. The first kappa shape index (κ1) is 31.7. The minimum Gasteiger partial charge on any atom is -0.247 e. The molecule has 0 amide bonds. The lowest BCUT2D eigenvalue weighted by Gasteiger charge is -2.20. The van der Waals surface area contributed by atoms with Gasteiger partial charge in [0.1, 0.15) is 0 Å². The van der Waals surface area contributed by atoms with Crippen LogP contribution in [-0.4, -0.2) is 4.98 Å². The Morgan fingerprint density at radius 3 is 1.46 bits per heavy atom. The highest BCUT2D eigenvalue weighted by molar-refractivity contribution is 6.10. The van der Waals surface area contributed by atoms with E-state index in [0.29, 0.717) is 0 Å². The second-order valence-corrected chi connectivity index (χ2v) is 16.2. The van der Waals surface area contributed by atoms with E-state index in [4.69, 9.17) is 4.98 Å². The van der Waals surface area contributed by atoms with E-state index < -0.39 is 0 Å². The Labute approximate surface area is 276 Å². The van der Waals surface area contributed by atoms with Gasteiger partial charge in [-0.05, 0) is 85.7 Å². The molecule has 0 aliphatic carbocycles. The highest BCUT2D eigenvalue weighted by Gasteiger charge is 2.19. The Morgan fingerprint density at radius 2 is 0.935 bits per heavy atom. The highest BCUT2D eigenvalue weighted by Crippen LogP contribution is 2.38. The maximum absolute atomic E-state index is 5.36. The van der Waals surface area contributed by atoms with Gasteiger partial charge in [0.2, 0.25) is 0 Å². The molecular weight excluding hydrogens is 555 g/mol. The van der Waals surface area contributed by atoms with Crippen LogP contribution in [0, 0.1) is 0 Å². The SMILES string of the molecule is CC(C)(C)c1ccc(Cc2ccc3nc4c(Cc5ccc(C(C)(C)C)cc5)cccc4c(-c4ccc(C(C)(C)C)cc4)c3c2)cc1. The minimum absolute atomic E-state index is 0.103. The van der Waals surface area contributed by atoms with Crippen LogP contribution in [0.2, 0.25) is 0 Å². The lowest BCUT2D eigenvalue weighted by Crippen LogP contribution is -2.10. The third-order valence-corrected chi connectivity index (χ3v) is 9.43. The van der Waals surface area contributed by atoms with Gasteiger partial charge in [0.05, 0.1) is 11.0 Å². The van der Waals surface area contributed by atoms with E-state index in [-0.39, 0.29) is 16.2 Å². The summed E-state index contributed by atoms with van der Waals surface area (Å²) in [7, 11) is 0. The number of hydrogen-bond donors (Lipinski definition) is 0. The zero-order chi connectivity index (χ0) is 32.9. The number of benzene rings is 5. The summed E-state index contributed by atoms with van der Waals surface area (Å²) in [6, 6.07) is 41.1. The van der Waals surface area contributed by atoms with E-state index in [0.717, 1.165) is 23.9 Å². The topological polar surface area (TPSA) is 12.9 Å². The molecule has 0 saturated carbocycles. The second kappa shape index (κ2) is 11.8. The van der Waals surface area contributed by atoms with Gasteiger partial charge in [-0.2, -0.15) is 0 Å². The molecule has 1 heteroatoms. The monoisotopic (exact) mass is 603 g/mol. The summed E-state index contributed by atoms with van der Waals surface area (Å²) in [6.07, 6.45) is 1.75. The smallest absolute Gasteiger partial charge is 0.0751 e. The Morgan fingerprint density at radius 1 is 0.457 bits per heavy atom. The number of rotatable bonds is 5. The average Bonchev–Trinajstić information content (AvgIpc) is 2.99. The van der Waals surface area contributed by atoms with E-state index in [1.807, 2.05) is 0 Å². The van der Waals surface area contributed by atoms with E-state index in [1.165, 1.54) is 60.8 Å². The van der Waals surface area contributed by atoms with Crippen LogP contribution in [-0.2, 0) is 29.1 Å². The van der Waals surface area contributed by atoms with Gasteiger partial charge >= 0.3 is 0 Å². The molecule has 6 aromatic rings. The summed E-state index contributed by atoms with van der Waals surface area (Å²) in [4.78, 5) is 5.36. The van der Waals surface area contributed by atoms with Crippen LogP contribution in [0.15, 0.2) is 109 Å². The molecule has 1 aromatic heterocycles. The molecule has 234 valence electrons. The van der Waals surface area contributed by atoms with Crippen LogP contribution >= 0.6 is 0 Å². The molecule has 0 aliphatic rings. The quantitative estimate of drug-likeness (QED) is 0.179. The molecule has 0 bridgehead atoms. The first-order valence-electron chi connectivity index (χ1n) is 16.8. The van der Waals surface area contributed by atoms with Crippen molar-refractivity contribution in [2.75, 3.05) is 0 Å². The predicted octanol–water partition coefficient (Wildman–Crippen LogP) is 12.1. The average molecular weight is 604 g/mol. The summed E-state index contributed by atoms with van der Waals surface area (Å²) in [5.74, 6) is 0. The molecule has 0 atom stereocenters. The molecule has 5 aromatic carbocycles. The van der Waals surface area contributed by atoms with Gasteiger partial charge in [0.25, 0.3) is 0 Å². The Bertz CT molecular complexity index is 1980. The van der Waals surface area contributed by atoms with Crippen LogP contribution in [0.5, 0.6) is 0 Å². The molecule has 0 N–H and O–H groups in total. The standard InChI is InChI=1S/C45H49N/c1-43(2,3)35-20-13-30(14-21-35)27-32-17-26-40-39(29-32)41(33-18-24-37(25-19-33)45(7,8)9)38-12-10-11-34(42(38)46-40)28-31-15-22-36(23-16-31)44(4,5)6/h10-26,29H,27-28H2,1-9H3. The summed E-state index contributed by atoms with van der Waals surface area (Å²) < 4.78 is 0. The fraction of sp³-hybridized carbons (Fsp3) is 0.311. The van der Waals surface area contributed by atoms with Gasteiger partial charge in [-0.1, -0.05) is 159 Å². The lowest BCUT2D eigenvalue weighted by molar-refractivity contribution is 0.590. The largest absolute Gasteiger partial charge is 0.247 e. The van der Waals surface area contributed by atoms with Gasteiger partial charge in [-0.3, -0.25) is 0 Å². The zero-order valence-corrected chi connectivity index (χ0v) is 29.3. The molecule has 0 aliphatic heterocycles. The van der Waals surface area contributed by atoms with Crippen LogP contribution in [0.4, 0.5) is 0 Å². The predicted molar refractivity (Wildman–Crippen MR) is 199 cm³/mol. The summed E-state index contributed by atoms with van der Waals surface area (Å²) in [6.45, 7) is 20.5. The van der Waals surface area contributed by atoms with Gasteiger partial charge in [-0.15, -0.1) is 0 Å². The third-order valence-electron chi connectivity index (χ3n) is 9.43. The highest BCUT2D eigenvalue weighted by atomic mass is 14.7. The van der Waals surface area contributed by atoms with Crippen molar-refractivity contribution in [3.8, 4) is 11.1 Å². The first-order valence-corrected chi connectivity index (χ1v) is 16.8. The van der Waals surface area contributed by atoms with Gasteiger partial charge in [-0.25, -0.2) is 4.98 Å². The van der Waals surface area contributed by atoms with Gasteiger partial charge in [0.15, 0.2) is 0 Å². The Balaban J connectivity index is 1.47. The van der Waals surface area contributed by atoms with Crippen molar-refractivity contribution in [3.63, 3.8) is 0 Å². The van der Waals surface area contributed by atoms with Crippen molar-refractivity contribution in [2.24, 2.45) is 0 Å². The molecule has 0 radical (unpaired) electrons. The van der Waals surface area contributed by atoms with Crippen LogP contribution in [0.25, 0.3) is 32.9 Å². The Hall–Kier alpha value is -4.23. The van der Waals surface area contributed by atoms with Gasteiger partial charge < -0.3 is 0 Å². The van der Waals surface area contributed by atoms with Crippen molar-refractivity contribution in [2.45, 2.75) is 91.4 Å². The number of fused-ring (bicyclic) bond motifs is 2. The second-order valence-electron chi connectivity index (χ2n) is 16.2. The molecule has 0 saturated heterocycles. The molecular formula is C45H49N. The third kappa shape index (κ3) is 6.66. The lowest BCUT2D eigenvalue weighted by atomic mass is 9.85. The molecule has 0 fully saturated rings. The minimum atomic E-state index is 0.103. The van der Waals surface area contributed by atoms with Crippen molar-refractivity contribution in [3.05, 3.63) is 148 Å². The first-order chi connectivity index (χ1) is 21.7. The van der Waals surface area contributed by atoms with Gasteiger partial charge in [0, 0.05) is 16.3 Å². The zero-order valence-electron chi connectivity index (χ0n) is 29.3. The normalized spacial score (nSPS) is 12.6. The number of para-hydroxylation sites is 1. The molecule has 1 heterocycles. The molecule has 6 rings (SSSR count). The maximum atomic E-state index is 5.36. The van der Waals surface area contributed by atoms with E-state index in [2.05, 4.69) is 172 Å². The van der Waals surface area contributed by atoms with Crippen molar-refractivity contribution in [1.82, 2.24) is 4.98 Å².